The molecule has 1 aliphatic heterocycles. The topological polar surface area (TPSA) is 58.6 Å². The highest BCUT2D eigenvalue weighted by atomic mass is 16.5. The van der Waals surface area contributed by atoms with Crippen molar-refractivity contribution >= 4 is 5.91 Å². The van der Waals surface area contributed by atoms with Crippen LogP contribution in [0.5, 0.6) is 0 Å². The maximum Gasteiger partial charge on any atom is 0.223 e. The van der Waals surface area contributed by atoms with E-state index in [4.69, 9.17) is 4.74 Å². The first-order valence-electron chi connectivity index (χ1n) is 8.30. The van der Waals surface area contributed by atoms with E-state index in [9.17, 15) is 9.90 Å². The van der Waals surface area contributed by atoms with Crippen LogP contribution in [0.15, 0.2) is 54.6 Å². The molecule has 4 heteroatoms. The van der Waals surface area contributed by atoms with Crippen molar-refractivity contribution in [3.8, 4) is 0 Å². The number of rotatable bonds is 5. The van der Waals surface area contributed by atoms with Crippen LogP contribution in [0.2, 0.25) is 0 Å². The number of amides is 1. The van der Waals surface area contributed by atoms with Crippen LogP contribution in [0, 0.1) is 0 Å². The molecule has 0 saturated carbocycles. The maximum atomic E-state index is 12.3. The lowest BCUT2D eigenvalue weighted by atomic mass is 9.94. The van der Waals surface area contributed by atoms with E-state index < -0.39 is 5.60 Å². The first-order chi connectivity index (χ1) is 11.6. The molecule has 2 unspecified atom stereocenters. The highest BCUT2D eigenvalue weighted by Crippen LogP contribution is 2.29. The molecule has 0 aromatic heterocycles. The van der Waals surface area contributed by atoms with Crippen LogP contribution in [0.1, 0.15) is 36.1 Å². The lowest BCUT2D eigenvalue weighted by Crippen LogP contribution is -2.39. The van der Waals surface area contributed by atoms with Crippen molar-refractivity contribution < 1.29 is 14.6 Å². The normalized spacial score (nSPS) is 19.2. The summed E-state index contributed by atoms with van der Waals surface area (Å²) in [6, 6.07) is 17.4. The average molecular weight is 325 g/mol. The summed E-state index contributed by atoms with van der Waals surface area (Å²) >= 11 is 0. The number of hydrogen-bond donors (Lipinski definition) is 2. The minimum absolute atomic E-state index is 0.118. The van der Waals surface area contributed by atoms with Gasteiger partial charge in [-0.15, -0.1) is 0 Å². The number of carbonyl (C=O) groups excluding carboxylic acids is 1. The molecule has 1 amide bonds. The second kappa shape index (κ2) is 7.16. The summed E-state index contributed by atoms with van der Waals surface area (Å²) in [5.41, 5.74) is 2.03. The predicted molar refractivity (Wildman–Crippen MR) is 92.5 cm³/mol. The lowest BCUT2D eigenvalue weighted by molar-refractivity contribution is -0.125. The highest BCUT2D eigenvalue weighted by molar-refractivity contribution is 5.76. The molecule has 2 N–H and O–H groups in total. The summed E-state index contributed by atoms with van der Waals surface area (Å²) in [6.45, 7) is 2.51. The fourth-order valence-electron chi connectivity index (χ4n) is 3.06. The first-order valence-corrected chi connectivity index (χ1v) is 8.30. The third kappa shape index (κ3) is 3.83. The van der Waals surface area contributed by atoms with Gasteiger partial charge in [0.05, 0.1) is 25.7 Å². The van der Waals surface area contributed by atoms with E-state index in [1.165, 1.54) is 5.56 Å². The van der Waals surface area contributed by atoms with Gasteiger partial charge in [0.25, 0.3) is 0 Å². The number of aliphatic hydroxyl groups is 1. The molecule has 3 rings (SSSR count). The quantitative estimate of drug-likeness (QED) is 0.889. The van der Waals surface area contributed by atoms with Gasteiger partial charge in [0.2, 0.25) is 5.91 Å². The molecular weight excluding hydrogens is 302 g/mol. The molecule has 0 spiro atoms. The minimum Gasteiger partial charge on any atom is -0.384 e. The molecule has 0 radical (unpaired) electrons. The Kier molecular flexibility index (Phi) is 4.97. The largest absolute Gasteiger partial charge is 0.384 e. The monoisotopic (exact) mass is 325 g/mol. The third-order valence-electron chi connectivity index (χ3n) is 4.49. The number of ether oxygens (including phenoxy) is 1. The minimum atomic E-state index is -1.09. The van der Waals surface area contributed by atoms with Gasteiger partial charge in [0, 0.05) is 0 Å². The Morgan fingerprint density at radius 1 is 1.21 bits per heavy atom. The number of nitrogens with one attached hydrogen (secondary N) is 1. The Balaban J connectivity index is 1.59. The number of carbonyl (C=O) groups is 1. The number of benzene rings is 2. The van der Waals surface area contributed by atoms with Crippen LogP contribution in [-0.2, 0) is 21.6 Å². The van der Waals surface area contributed by atoms with Gasteiger partial charge in [0.1, 0.15) is 5.60 Å². The van der Waals surface area contributed by atoms with Crippen molar-refractivity contribution in [3.63, 3.8) is 0 Å². The van der Waals surface area contributed by atoms with E-state index in [2.05, 4.69) is 11.4 Å². The van der Waals surface area contributed by atoms with E-state index in [-0.39, 0.29) is 25.0 Å². The Bertz CT molecular complexity index is 697. The van der Waals surface area contributed by atoms with Crippen LogP contribution < -0.4 is 5.32 Å². The molecule has 1 heterocycles. The molecule has 126 valence electrons. The Hall–Kier alpha value is -2.17. The van der Waals surface area contributed by atoms with Crippen LogP contribution in [-0.4, -0.2) is 24.2 Å². The zero-order valence-electron chi connectivity index (χ0n) is 13.9. The van der Waals surface area contributed by atoms with E-state index in [1.54, 1.807) is 6.92 Å². The second-order valence-corrected chi connectivity index (χ2v) is 6.43. The zero-order valence-corrected chi connectivity index (χ0v) is 13.9. The molecule has 0 fully saturated rings. The van der Waals surface area contributed by atoms with E-state index in [0.717, 1.165) is 17.5 Å². The van der Waals surface area contributed by atoms with Crippen LogP contribution >= 0.6 is 0 Å². The molecular formula is C20H23NO3. The molecule has 0 aliphatic carbocycles. The Labute approximate surface area is 142 Å². The standard InChI is InChI=1S/C20H23NO3/c1-20(23,16-8-3-2-4-9-16)14-21-19(22)13-18-17-10-6-5-7-15(17)11-12-24-18/h2-10,18,23H,11-14H2,1H3,(H,21,22). The van der Waals surface area contributed by atoms with Crippen molar-refractivity contribution in [1.29, 1.82) is 0 Å². The van der Waals surface area contributed by atoms with Crippen molar-refractivity contribution in [2.75, 3.05) is 13.2 Å². The summed E-state index contributed by atoms with van der Waals surface area (Å²) in [5.74, 6) is -0.118. The SMILES string of the molecule is CC(O)(CNC(=O)CC1OCCc2ccccc21)c1ccccc1. The van der Waals surface area contributed by atoms with E-state index in [0.29, 0.717) is 6.61 Å². The molecule has 1 aliphatic rings. The lowest BCUT2D eigenvalue weighted by Gasteiger charge is -2.27. The van der Waals surface area contributed by atoms with Crippen molar-refractivity contribution in [3.05, 3.63) is 71.3 Å². The van der Waals surface area contributed by atoms with E-state index >= 15 is 0 Å². The van der Waals surface area contributed by atoms with Gasteiger partial charge < -0.3 is 15.2 Å². The number of fused-ring (bicyclic) bond motifs is 1. The molecule has 0 bridgehead atoms. The summed E-state index contributed by atoms with van der Waals surface area (Å²) in [5, 5.41) is 13.4. The second-order valence-electron chi connectivity index (χ2n) is 6.43. The Morgan fingerprint density at radius 3 is 2.71 bits per heavy atom. The first kappa shape index (κ1) is 16.7. The molecule has 2 aromatic carbocycles. The van der Waals surface area contributed by atoms with Gasteiger partial charge in [-0.25, -0.2) is 0 Å². The predicted octanol–water partition coefficient (Wildman–Crippen LogP) is 2.71. The molecule has 0 saturated heterocycles. The number of hydrogen-bond acceptors (Lipinski definition) is 3. The molecule has 4 nitrogen and oxygen atoms in total. The van der Waals surface area contributed by atoms with Gasteiger partial charge in [-0.1, -0.05) is 54.6 Å². The van der Waals surface area contributed by atoms with Gasteiger partial charge in [-0.05, 0) is 30.0 Å². The maximum absolute atomic E-state index is 12.3. The molecule has 2 aromatic rings. The fourth-order valence-corrected chi connectivity index (χ4v) is 3.06. The van der Waals surface area contributed by atoms with Gasteiger partial charge in [-0.3, -0.25) is 4.79 Å². The van der Waals surface area contributed by atoms with Crippen molar-refractivity contribution in [2.24, 2.45) is 0 Å². The summed E-state index contributed by atoms with van der Waals surface area (Å²) < 4.78 is 5.77. The average Bonchev–Trinajstić information content (AvgIpc) is 2.61. The summed E-state index contributed by atoms with van der Waals surface area (Å²) in [6.07, 6.45) is 0.940. The third-order valence-corrected chi connectivity index (χ3v) is 4.49. The Morgan fingerprint density at radius 2 is 1.92 bits per heavy atom. The summed E-state index contributed by atoms with van der Waals surface area (Å²) in [4.78, 5) is 12.3. The zero-order chi connectivity index (χ0) is 17.0. The van der Waals surface area contributed by atoms with Gasteiger partial charge in [-0.2, -0.15) is 0 Å². The van der Waals surface area contributed by atoms with E-state index in [1.807, 2.05) is 48.5 Å². The van der Waals surface area contributed by atoms with Crippen LogP contribution in [0.25, 0.3) is 0 Å². The smallest absolute Gasteiger partial charge is 0.223 e. The molecule has 24 heavy (non-hydrogen) atoms. The fraction of sp³-hybridized carbons (Fsp3) is 0.350. The molecule has 2 atom stereocenters. The van der Waals surface area contributed by atoms with Crippen molar-refractivity contribution in [1.82, 2.24) is 5.32 Å². The van der Waals surface area contributed by atoms with Crippen LogP contribution in [0.4, 0.5) is 0 Å². The van der Waals surface area contributed by atoms with Gasteiger partial charge in [0.15, 0.2) is 0 Å². The van der Waals surface area contributed by atoms with Crippen molar-refractivity contribution in [2.45, 2.75) is 31.5 Å². The summed E-state index contributed by atoms with van der Waals surface area (Å²) in [7, 11) is 0. The van der Waals surface area contributed by atoms with Crippen LogP contribution in [0.3, 0.4) is 0 Å². The highest BCUT2D eigenvalue weighted by Gasteiger charge is 2.26. The van der Waals surface area contributed by atoms with Gasteiger partial charge >= 0.3 is 0 Å².